The Bertz CT molecular complexity index is 735. The first-order valence-corrected chi connectivity index (χ1v) is 11.1. The number of urea groups is 1. The van der Waals surface area contributed by atoms with E-state index in [0.29, 0.717) is 38.8 Å². The molecule has 0 unspecified atom stereocenters. The quantitative estimate of drug-likeness (QED) is 0.782. The van der Waals surface area contributed by atoms with E-state index in [1.807, 2.05) is 22.4 Å². The Labute approximate surface area is 169 Å². The van der Waals surface area contributed by atoms with Crippen molar-refractivity contribution in [3.63, 3.8) is 0 Å². The van der Waals surface area contributed by atoms with Crippen LogP contribution in [0.5, 0.6) is 0 Å². The largest absolute Gasteiger partial charge is 0.335 e. The molecule has 1 aromatic heterocycles. The van der Waals surface area contributed by atoms with Crippen LogP contribution in [0.15, 0.2) is 17.5 Å². The van der Waals surface area contributed by atoms with Gasteiger partial charge >= 0.3 is 6.03 Å². The first kappa shape index (κ1) is 19.4. The van der Waals surface area contributed by atoms with E-state index in [-0.39, 0.29) is 17.8 Å². The maximum atomic E-state index is 13.0. The lowest BCUT2D eigenvalue weighted by Gasteiger charge is -2.37. The van der Waals surface area contributed by atoms with Crippen molar-refractivity contribution >= 4 is 29.2 Å². The van der Waals surface area contributed by atoms with E-state index in [2.05, 4.69) is 17.1 Å². The Morgan fingerprint density at radius 3 is 2.54 bits per heavy atom. The van der Waals surface area contributed by atoms with Gasteiger partial charge in [-0.3, -0.25) is 14.5 Å². The molecule has 4 rings (SSSR count). The molecule has 7 nitrogen and oxygen atoms in total. The standard InChI is InChI=1S/C20H28N4O3S/c1-2-15-5-7-20(8-6-15)18(26)24(19(27)21-20)14-22-9-11-23(12-10-22)17(25)16-4-3-13-28-16/h3-4,13,15H,2,5-12,14H2,1H3,(H,21,27). The Balaban J connectivity index is 1.32. The lowest BCUT2D eigenvalue weighted by atomic mass is 9.75. The molecule has 28 heavy (non-hydrogen) atoms. The van der Waals surface area contributed by atoms with Crippen molar-refractivity contribution in [3.8, 4) is 0 Å². The second-order valence-electron chi connectivity index (χ2n) is 8.13. The lowest BCUT2D eigenvalue weighted by molar-refractivity contribution is -0.134. The molecule has 8 heteroatoms. The zero-order valence-electron chi connectivity index (χ0n) is 16.4. The van der Waals surface area contributed by atoms with E-state index in [1.54, 1.807) is 0 Å². The highest BCUT2D eigenvalue weighted by atomic mass is 32.1. The minimum atomic E-state index is -0.681. The Kier molecular flexibility index (Phi) is 5.42. The molecule has 1 aromatic rings. The number of amides is 4. The van der Waals surface area contributed by atoms with Crippen LogP contribution >= 0.6 is 11.3 Å². The summed E-state index contributed by atoms with van der Waals surface area (Å²) < 4.78 is 0. The molecule has 2 saturated heterocycles. The molecule has 1 saturated carbocycles. The Morgan fingerprint density at radius 1 is 1.21 bits per heavy atom. The Morgan fingerprint density at radius 2 is 1.93 bits per heavy atom. The van der Waals surface area contributed by atoms with Crippen molar-refractivity contribution in [2.24, 2.45) is 5.92 Å². The number of rotatable bonds is 4. The third-order valence-electron chi connectivity index (χ3n) is 6.51. The summed E-state index contributed by atoms with van der Waals surface area (Å²) in [6.45, 7) is 5.06. The molecule has 0 bridgehead atoms. The molecular weight excluding hydrogens is 376 g/mol. The van der Waals surface area contributed by atoms with Crippen molar-refractivity contribution in [2.45, 2.75) is 44.6 Å². The molecule has 3 heterocycles. The van der Waals surface area contributed by atoms with Gasteiger partial charge in [-0.2, -0.15) is 0 Å². The number of imide groups is 1. The van der Waals surface area contributed by atoms with E-state index in [4.69, 9.17) is 0 Å². The summed E-state index contributed by atoms with van der Waals surface area (Å²) in [6, 6.07) is 3.46. The number of carbonyl (C=O) groups is 3. The van der Waals surface area contributed by atoms with Gasteiger partial charge in [0, 0.05) is 26.2 Å². The summed E-state index contributed by atoms with van der Waals surface area (Å²) in [7, 11) is 0. The fourth-order valence-electron chi connectivity index (χ4n) is 4.57. The van der Waals surface area contributed by atoms with Gasteiger partial charge in [-0.1, -0.05) is 19.4 Å². The van der Waals surface area contributed by atoms with Gasteiger partial charge in [0.05, 0.1) is 11.5 Å². The topological polar surface area (TPSA) is 73.0 Å². The monoisotopic (exact) mass is 404 g/mol. The van der Waals surface area contributed by atoms with E-state index >= 15 is 0 Å². The number of hydrogen-bond donors (Lipinski definition) is 1. The number of hydrogen-bond acceptors (Lipinski definition) is 5. The summed E-state index contributed by atoms with van der Waals surface area (Å²) in [5.74, 6) is 0.666. The highest BCUT2D eigenvalue weighted by Gasteiger charge is 2.52. The zero-order chi connectivity index (χ0) is 19.7. The van der Waals surface area contributed by atoms with Crippen LogP contribution in [0.4, 0.5) is 4.79 Å². The first-order valence-electron chi connectivity index (χ1n) is 10.2. The molecule has 152 valence electrons. The zero-order valence-corrected chi connectivity index (χ0v) is 17.2. The third-order valence-corrected chi connectivity index (χ3v) is 7.37. The Hall–Kier alpha value is -1.93. The third kappa shape index (κ3) is 3.55. The van der Waals surface area contributed by atoms with Crippen LogP contribution in [0.25, 0.3) is 0 Å². The van der Waals surface area contributed by atoms with Gasteiger partial charge in [0.2, 0.25) is 0 Å². The second kappa shape index (κ2) is 7.83. The summed E-state index contributed by atoms with van der Waals surface area (Å²) in [5.41, 5.74) is -0.681. The van der Waals surface area contributed by atoms with Gasteiger partial charge < -0.3 is 10.2 Å². The minimum absolute atomic E-state index is 0.0656. The predicted octanol–water partition coefficient (Wildman–Crippen LogP) is 2.35. The smallest absolute Gasteiger partial charge is 0.326 e. The normalized spacial score (nSPS) is 28.8. The molecule has 0 radical (unpaired) electrons. The lowest BCUT2D eigenvalue weighted by Crippen LogP contribution is -2.53. The number of nitrogens with one attached hydrogen (secondary N) is 1. The molecule has 3 aliphatic rings. The van der Waals surface area contributed by atoms with Crippen LogP contribution in [0, 0.1) is 5.92 Å². The van der Waals surface area contributed by atoms with E-state index in [1.165, 1.54) is 16.2 Å². The fourth-order valence-corrected chi connectivity index (χ4v) is 5.26. The SMILES string of the molecule is CCC1CCC2(CC1)NC(=O)N(CN1CCN(C(=O)c3cccs3)CC1)C2=O. The van der Waals surface area contributed by atoms with Gasteiger partial charge in [0.25, 0.3) is 11.8 Å². The number of thiophene rings is 1. The van der Waals surface area contributed by atoms with Gasteiger partial charge in [-0.25, -0.2) is 9.69 Å². The average molecular weight is 405 g/mol. The van der Waals surface area contributed by atoms with Crippen LogP contribution in [0.1, 0.15) is 48.7 Å². The number of nitrogens with zero attached hydrogens (tertiary/aromatic N) is 3. The fraction of sp³-hybridized carbons (Fsp3) is 0.650. The molecular formula is C20H28N4O3S. The van der Waals surface area contributed by atoms with Gasteiger partial charge in [0.1, 0.15) is 5.54 Å². The van der Waals surface area contributed by atoms with E-state index in [9.17, 15) is 14.4 Å². The second-order valence-corrected chi connectivity index (χ2v) is 9.07. The number of piperazine rings is 1. The molecule has 0 atom stereocenters. The van der Waals surface area contributed by atoms with Gasteiger partial charge in [0.15, 0.2) is 0 Å². The van der Waals surface area contributed by atoms with Crippen molar-refractivity contribution < 1.29 is 14.4 Å². The number of carbonyl (C=O) groups excluding carboxylic acids is 3. The van der Waals surface area contributed by atoms with E-state index in [0.717, 1.165) is 37.0 Å². The average Bonchev–Trinajstić information content (AvgIpc) is 3.33. The molecule has 3 fully saturated rings. The highest BCUT2D eigenvalue weighted by Crippen LogP contribution is 2.37. The van der Waals surface area contributed by atoms with E-state index < -0.39 is 5.54 Å². The van der Waals surface area contributed by atoms with Crippen molar-refractivity contribution in [1.29, 1.82) is 0 Å². The van der Waals surface area contributed by atoms with Crippen LogP contribution in [-0.4, -0.2) is 70.9 Å². The van der Waals surface area contributed by atoms with Crippen LogP contribution in [-0.2, 0) is 4.79 Å². The molecule has 2 aliphatic heterocycles. The maximum Gasteiger partial charge on any atom is 0.326 e. The van der Waals surface area contributed by atoms with Crippen LogP contribution in [0.2, 0.25) is 0 Å². The molecule has 1 spiro atoms. The van der Waals surface area contributed by atoms with Gasteiger partial charge in [-0.15, -0.1) is 11.3 Å². The minimum Gasteiger partial charge on any atom is -0.335 e. The van der Waals surface area contributed by atoms with Crippen LogP contribution in [0.3, 0.4) is 0 Å². The highest BCUT2D eigenvalue weighted by molar-refractivity contribution is 7.12. The maximum absolute atomic E-state index is 13.0. The van der Waals surface area contributed by atoms with Gasteiger partial charge in [-0.05, 0) is 43.0 Å². The van der Waals surface area contributed by atoms with Crippen molar-refractivity contribution in [1.82, 2.24) is 20.0 Å². The molecule has 1 N–H and O–H groups in total. The molecule has 0 aromatic carbocycles. The summed E-state index contributed by atoms with van der Waals surface area (Å²) in [6.07, 6.45) is 4.63. The van der Waals surface area contributed by atoms with Crippen molar-refractivity contribution in [2.75, 3.05) is 32.8 Å². The summed E-state index contributed by atoms with van der Waals surface area (Å²) in [5, 5.41) is 4.90. The predicted molar refractivity (Wildman–Crippen MR) is 107 cm³/mol. The molecule has 4 amide bonds. The van der Waals surface area contributed by atoms with Crippen LogP contribution < -0.4 is 5.32 Å². The summed E-state index contributed by atoms with van der Waals surface area (Å²) in [4.78, 5) is 44.1. The summed E-state index contributed by atoms with van der Waals surface area (Å²) >= 11 is 1.46. The first-order chi connectivity index (χ1) is 13.5. The molecule has 1 aliphatic carbocycles. The van der Waals surface area contributed by atoms with Crippen molar-refractivity contribution in [3.05, 3.63) is 22.4 Å².